The summed E-state index contributed by atoms with van der Waals surface area (Å²) in [5.74, 6) is 0.864. The molecular formula is C23H22N2O5S. The molecule has 0 bridgehead atoms. The highest BCUT2D eigenvalue weighted by Gasteiger charge is 2.21. The number of carbonyl (C=O) groups excluding carboxylic acids is 1. The smallest absolute Gasteiger partial charge is 0.255 e. The first-order valence-electron chi connectivity index (χ1n) is 9.75. The lowest BCUT2D eigenvalue weighted by molar-refractivity contribution is 0.102. The van der Waals surface area contributed by atoms with Crippen molar-refractivity contribution in [2.45, 2.75) is 11.4 Å². The summed E-state index contributed by atoms with van der Waals surface area (Å²) in [5, 5.41) is 2.79. The summed E-state index contributed by atoms with van der Waals surface area (Å²) in [6.07, 6.45) is 0. The van der Waals surface area contributed by atoms with Crippen LogP contribution in [-0.2, 0) is 16.6 Å². The number of carbonyl (C=O) groups is 1. The molecule has 1 N–H and O–H groups in total. The molecule has 0 spiro atoms. The molecule has 3 aromatic carbocycles. The van der Waals surface area contributed by atoms with Gasteiger partial charge in [-0.05, 0) is 42.0 Å². The number of hydrogen-bond acceptors (Lipinski definition) is 5. The van der Waals surface area contributed by atoms with Gasteiger partial charge in [0.1, 0.15) is 13.2 Å². The predicted octanol–water partition coefficient (Wildman–Crippen LogP) is 3.53. The molecule has 0 atom stereocenters. The van der Waals surface area contributed by atoms with Crippen molar-refractivity contribution in [3.63, 3.8) is 0 Å². The van der Waals surface area contributed by atoms with Gasteiger partial charge in [-0.2, -0.15) is 4.31 Å². The number of benzene rings is 3. The Hall–Kier alpha value is -3.36. The van der Waals surface area contributed by atoms with Gasteiger partial charge in [0.05, 0.1) is 4.90 Å². The van der Waals surface area contributed by atoms with E-state index in [0.717, 1.165) is 5.56 Å². The van der Waals surface area contributed by atoms with Gasteiger partial charge in [0.15, 0.2) is 11.5 Å². The molecule has 0 saturated heterocycles. The third-order valence-corrected chi connectivity index (χ3v) is 6.69. The second-order valence-electron chi connectivity index (χ2n) is 7.08. The Labute approximate surface area is 181 Å². The topological polar surface area (TPSA) is 84.9 Å². The number of nitrogens with zero attached hydrogens (tertiary/aromatic N) is 1. The normalized spacial score (nSPS) is 13.1. The van der Waals surface area contributed by atoms with Crippen LogP contribution in [0.3, 0.4) is 0 Å². The molecule has 8 heteroatoms. The average Bonchev–Trinajstić information content (AvgIpc) is 2.79. The lowest BCUT2D eigenvalue weighted by atomic mass is 10.2. The Morgan fingerprint density at radius 3 is 2.32 bits per heavy atom. The quantitative estimate of drug-likeness (QED) is 0.636. The van der Waals surface area contributed by atoms with Gasteiger partial charge in [0.2, 0.25) is 10.0 Å². The first-order valence-corrected chi connectivity index (χ1v) is 11.2. The van der Waals surface area contributed by atoms with Crippen LogP contribution in [0.2, 0.25) is 0 Å². The molecule has 4 rings (SSSR count). The molecule has 1 amide bonds. The number of fused-ring (bicyclic) bond motifs is 1. The molecular weight excluding hydrogens is 416 g/mol. The van der Waals surface area contributed by atoms with Crippen LogP contribution >= 0.6 is 0 Å². The Kier molecular flexibility index (Phi) is 5.92. The predicted molar refractivity (Wildman–Crippen MR) is 117 cm³/mol. The standard InChI is InChI=1S/C23H22N2O5S/c1-25(16-17-5-3-2-4-6-17)31(27,28)20-10-7-18(8-11-20)23(26)24-19-9-12-21-22(15-19)30-14-13-29-21/h2-12,15H,13-14,16H2,1H3,(H,24,26). The number of anilines is 1. The number of hydrogen-bond donors (Lipinski definition) is 1. The van der Waals surface area contributed by atoms with Gasteiger partial charge in [0, 0.05) is 30.9 Å². The molecule has 0 aliphatic carbocycles. The molecule has 0 fully saturated rings. The summed E-state index contributed by atoms with van der Waals surface area (Å²) >= 11 is 0. The second-order valence-corrected chi connectivity index (χ2v) is 9.13. The summed E-state index contributed by atoms with van der Waals surface area (Å²) in [6.45, 7) is 1.21. The summed E-state index contributed by atoms with van der Waals surface area (Å²) in [5.41, 5.74) is 1.80. The molecule has 0 radical (unpaired) electrons. The molecule has 1 heterocycles. The Morgan fingerprint density at radius 2 is 1.61 bits per heavy atom. The second kappa shape index (κ2) is 8.79. The van der Waals surface area contributed by atoms with E-state index in [9.17, 15) is 13.2 Å². The highest BCUT2D eigenvalue weighted by Crippen LogP contribution is 2.32. The summed E-state index contributed by atoms with van der Waals surface area (Å²) in [4.78, 5) is 12.7. The van der Waals surface area contributed by atoms with Crippen molar-refractivity contribution in [1.29, 1.82) is 0 Å². The van der Waals surface area contributed by atoms with Crippen LogP contribution in [0.4, 0.5) is 5.69 Å². The maximum atomic E-state index is 12.8. The largest absolute Gasteiger partial charge is 0.486 e. The fourth-order valence-corrected chi connectivity index (χ4v) is 4.37. The SMILES string of the molecule is CN(Cc1ccccc1)S(=O)(=O)c1ccc(C(=O)Nc2ccc3c(c2)OCCO3)cc1. The minimum atomic E-state index is -3.68. The average molecular weight is 439 g/mol. The van der Waals surface area contributed by atoms with Gasteiger partial charge < -0.3 is 14.8 Å². The van der Waals surface area contributed by atoms with Crippen LogP contribution < -0.4 is 14.8 Å². The molecule has 31 heavy (non-hydrogen) atoms. The van der Waals surface area contributed by atoms with Crippen LogP contribution in [0.5, 0.6) is 11.5 Å². The third kappa shape index (κ3) is 4.70. The van der Waals surface area contributed by atoms with E-state index in [1.807, 2.05) is 30.3 Å². The maximum absolute atomic E-state index is 12.8. The fourth-order valence-electron chi connectivity index (χ4n) is 3.21. The van der Waals surface area contributed by atoms with Crippen molar-refractivity contribution < 1.29 is 22.7 Å². The maximum Gasteiger partial charge on any atom is 0.255 e. The zero-order chi connectivity index (χ0) is 21.8. The van der Waals surface area contributed by atoms with Crippen LogP contribution in [0.15, 0.2) is 77.7 Å². The van der Waals surface area contributed by atoms with Gasteiger partial charge >= 0.3 is 0 Å². The van der Waals surface area contributed by atoms with Crippen LogP contribution in [0.1, 0.15) is 15.9 Å². The van der Waals surface area contributed by atoms with Gasteiger partial charge in [-0.25, -0.2) is 8.42 Å². The molecule has 0 aromatic heterocycles. The Morgan fingerprint density at radius 1 is 0.935 bits per heavy atom. The first-order chi connectivity index (χ1) is 14.9. The number of sulfonamides is 1. The van der Waals surface area contributed by atoms with E-state index < -0.39 is 10.0 Å². The minimum absolute atomic E-state index is 0.127. The molecule has 7 nitrogen and oxygen atoms in total. The minimum Gasteiger partial charge on any atom is -0.486 e. The van der Waals surface area contributed by atoms with E-state index in [-0.39, 0.29) is 17.3 Å². The van der Waals surface area contributed by atoms with Gasteiger partial charge in [0.25, 0.3) is 5.91 Å². The van der Waals surface area contributed by atoms with Crippen molar-refractivity contribution in [3.8, 4) is 11.5 Å². The number of rotatable bonds is 6. The zero-order valence-electron chi connectivity index (χ0n) is 16.9. The van der Waals surface area contributed by atoms with Gasteiger partial charge in [-0.3, -0.25) is 4.79 Å². The zero-order valence-corrected chi connectivity index (χ0v) is 17.8. The third-order valence-electron chi connectivity index (χ3n) is 4.87. The molecule has 1 aliphatic heterocycles. The molecule has 0 saturated carbocycles. The highest BCUT2D eigenvalue weighted by atomic mass is 32.2. The highest BCUT2D eigenvalue weighted by molar-refractivity contribution is 7.89. The summed E-state index contributed by atoms with van der Waals surface area (Å²) < 4.78 is 38.0. The van der Waals surface area contributed by atoms with E-state index >= 15 is 0 Å². The first kappa shape index (κ1) is 20.9. The van der Waals surface area contributed by atoms with Crippen molar-refractivity contribution in [2.24, 2.45) is 0 Å². The van der Waals surface area contributed by atoms with E-state index in [4.69, 9.17) is 9.47 Å². The van der Waals surface area contributed by atoms with E-state index in [0.29, 0.717) is 36.0 Å². The Bertz CT molecular complexity index is 1180. The van der Waals surface area contributed by atoms with E-state index in [1.54, 1.807) is 18.2 Å². The van der Waals surface area contributed by atoms with Gasteiger partial charge in [-0.1, -0.05) is 30.3 Å². The number of nitrogens with one attached hydrogen (secondary N) is 1. The molecule has 160 valence electrons. The van der Waals surface area contributed by atoms with E-state index in [1.165, 1.54) is 35.6 Å². The monoisotopic (exact) mass is 438 g/mol. The number of ether oxygens (including phenoxy) is 2. The lowest BCUT2D eigenvalue weighted by Gasteiger charge is -2.19. The number of amides is 1. The van der Waals surface area contributed by atoms with E-state index in [2.05, 4.69) is 5.32 Å². The van der Waals surface area contributed by atoms with Crippen molar-refractivity contribution >= 4 is 21.6 Å². The van der Waals surface area contributed by atoms with Crippen LogP contribution in [0, 0.1) is 0 Å². The van der Waals surface area contributed by atoms with Gasteiger partial charge in [-0.15, -0.1) is 0 Å². The molecule has 3 aromatic rings. The van der Waals surface area contributed by atoms with Crippen molar-refractivity contribution in [3.05, 3.63) is 83.9 Å². The summed E-state index contributed by atoms with van der Waals surface area (Å²) in [6, 6.07) is 20.4. The van der Waals surface area contributed by atoms with Crippen molar-refractivity contribution in [1.82, 2.24) is 4.31 Å². The van der Waals surface area contributed by atoms with Crippen molar-refractivity contribution in [2.75, 3.05) is 25.6 Å². The fraction of sp³-hybridized carbons (Fsp3) is 0.174. The summed E-state index contributed by atoms with van der Waals surface area (Å²) in [7, 11) is -2.15. The molecule has 1 aliphatic rings. The molecule has 0 unspecified atom stereocenters. The van der Waals surface area contributed by atoms with Crippen LogP contribution in [0.25, 0.3) is 0 Å². The Balaban J connectivity index is 1.45. The van der Waals surface area contributed by atoms with Crippen LogP contribution in [-0.4, -0.2) is 38.9 Å². The lowest BCUT2D eigenvalue weighted by Crippen LogP contribution is -2.26.